The molecule has 0 unspecified atom stereocenters. The third-order valence-corrected chi connectivity index (χ3v) is 6.90. The predicted molar refractivity (Wildman–Crippen MR) is 122 cm³/mol. The van der Waals surface area contributed by atoms with E-state index in [0.29, 0.717) is 17.2 Å². The van der Waals surface area contributed by atoms with Crippen LogP contribution in [0.4, 0.5) is 0 Å². The summed E-state index contributed by atoms with van der Waals surface area (Å²) in [6.45, 7) is 4.01. The lowest BCUT2D eigenvalue weighted by Crippen LogP contribution is -2.31. The molecule has 8 heteroatoms. The highest BCUT2D eigenvalue weighted by molar-refractivity contribution is 7.99. The lowest BCUT2D eigenvalue weighted by atomic mass is 10.1. The topological polar surface area (TPSA) is 94.7 Å². The molecule has 0 bridgehead atoms. The first-order valence-corrected chi connectivity index (χ1v) is 11.3. The molecule has 32 heavy (non-hydrogen) atoms. The summed E-state index contributed by atoms with van der Waals surface area (Å²) in [5.74, 6) is 0. The summed E-state index contributed by atoms with van der Waals surface area (Å²) in [6.07, 6.45) is 7.91. The summed E-state index contributed by atoms with van der Waals surface area (Å²) in [6, 6.07) is 14.4. The molecule has 1 aliphatic rings. The van der Waals surface area contributed by atoms with Crippen LogP contribution in [0.1, 0.15) is 35.7 Å². The van der Waals surface area contributed by atoms with E-state index in [9.17, 15) is 10.5 Å². The van der Waals surface area contributed by atoms with Crippen molar-refractivity contribution in [2.24, 2.45) is 0 Å². The Hall–Kier alpha value is -3.59. The maximum absolute atomic E-state index is 9.61. The molecular weight excluding hydrogens is 418 g/mol. The smallest absolute Gasteiger partial charge is 0.103 e. The number of fused-ring (bicyclic) bond motifs is 1. The zero-order valence-electron chi connectivity index (χ0n) is 17.6. The van der Waals surface area contributed by atoms with Gasteiger partial charge >= 0.3 is 0 Å². The minimum absolute atomic E-state index is 0.353. The van der Waals surface area contributed by atoms with Gasteiger partial charge in [0, 0.05) is 39.9 Å². The molecule has 1 N–H and O–H groups in total. The molecule has 1 fully saturated rings. The highest BCUT2D eigenvalue weighted by Crippen LogP contribution is 2.37. The van der Waals surface area contributed by atoms with E-state index < -0.39 is 0 Å². The number of hydrogen-bond acceptors (Lipinski definition) is 6. The molecule has 4 heterocycles. The lowest BCUT2D eigenvalue weighted by molar-refractivity contribution is 0.346. The Labute approximate surface area is 190 Å². The Morgan fingerprint density at radius 1 is 1.12 bits per heavy atom. The molecule has 0 saturated carbocycles. The number of nitrogens with zero attached hydrogens (tertiary/aromatic N) is 6. The average Bonchev–Trinajstić information content (AvgIpc) is 3.43. The Kier molecular flexibility index (Phi) is 5.40. The van der Waals surface area contributed by atoms with Crippen molar-refractivity contribution < 1.29 is 0 Å². The average molecular weight is 440 g/mol. The van der Waals surface area contributed by atoms with Gasteiger partial charge in [-0.2, -0.15) is 20.7 Å². The normalized spacial score (nSPS) is 16.0. The van der Waals surface area contributed by atoms with E-state index in [1.807, 2.05) is 31.3 Å². The molecule has 0 spiro atoms. The first-order valence-electron chi connectivity index (χ1n) is 10.5. The summed E-state index contributed by atoms with van der Waals surface area (Å²) in [5, 5.41) is 31.8. The fourth-order valence-corrected chi connectivity index (χ4v) is 5.26. The molecule has 5 rings (SSSR count). The number of aromatic nitrogens is 4. The van der Waals surface area contributed by atoms with Crippen LogP contribution in [0.2, 0.25) is 0 Å². The van der Waals surface area contributed by atoms with Gasteiger partial charge < -0.3 is 5.32 Å². The molecular formula is C24H21N7S. The van der Waals surface area contributed by atoms with Gasteiger partial charge in [-0.1, -0.05) is 23.9 Å². The van der Waals surface area contributed by atoms with Crippen molar-refractivity contribution in [3.05, 3.63) is 65.7 Å². The zero-order valence-corrected chi connectivity index (χ0v) is 18.4. The number of rotatable bonds is 4. The maximum atomic E-state index is 9.61. The number of benzene rings is 1. The van der Waals surface area contributed by atoms with Crippen molar-refractivity contribution in [1.29, 1.82) is 10.5 Å². The monoisotopic (exact) mass is 439 g/mol. The van der Waals surface area contributed by atoms with Gasteiger partial charge in [-0.05, 0) is 44.5 Å². The van der Waals surface area contributed by atoms with Crippen molar-refractivity contribution in [2.75, 3.05) is 13.1 Å². The van der Waals surface area contributed by atoms with Crippen LogP contribution in [0.15, 0.2) is 58.7 Å². The zero-order chi connectivity index (χ0) is 22.1. The van der Waals surface area contributed by atoms with Gasteiger partial charge in [-0.15, -0.1) is 0 Å². The maximum Gasteiger partial charge on any atom is 0.103 e. The second kappa shape index (κ2) is 8.51. The van der Waals surface area contributed by atoms with Crippen molar-refractivity contribution in [3.63, 3.8) is 0 Å². The highest BCUT2D eigenvalue weighted by atomic mass is 32.2. The van der Waals surface area contributed by atoms with Crippen LogP contribution < -0.4 is 5.32 Å². The Morgan fingerprint density at radius 2 is 1.97 bits per heavy atom. The van der Waals surface area contributed by atoms with Crippen LogP contribution in [-0.4, -0.2) is 32.5 Å². The van der Waals surface area contributed by atoms with Crippen LogP contribution >= 0.6 is 11.8 Å². The second-order valence-corrected chi connectivity index (χ2v) is 8.96. The standard InChI is InChI=1S/C24H21N7S/c1-16-21(15-30(29-16)20-6-4-8-27-13-20)18-9-23(24-19(11-26)12-28-31(24)14-18)32-22-7-3-2-5-17(22)10-25/h2-3,5,7,9,12,14-15,20,27H,4,6,8,13H2,1H3/t20-/m0/s1. The van der Waals surface area contributed by atoms with Crippen LogP contribution in [0.25, 0.3) is 16.6 Å². The fraction of sp³-hybridized carbons (Fsp3) is 0.250. The SMILES string of the molecule is Cc1nn([C@H]2CCCNC2)cc1-c1cc(Sc2ccccc2C#N)c2c(C#N)cnn2c1. The highest BCUT2D eigenvalue weighted by Gasteiger charge is 2.20. The first-order chi connectivity index (χ1) is 15.7. The van der Waals surface area contributed by atoms with Crippen LogP contribution in [0, 0.1) is 29.6 Å². The van der Waals surface area contributed by atoms with Gasteiger partial charge in [0.15, 0.2) is 0 Å². The van der Waals surface area contributed by atoms with Gasteiger partial charge in [0.1, 0.15) is 12.1 Å². The van der Waals surface area contributed by atoms with Crippen molar-refractivity contribution in [2.45, 2.75) is 35.6 Å². The van der Waals surface area contributed by atoms with Crippen molar-refractivity contribution >= 4 is 17.3 Å². The molecule has 4 aromatic rings. The van der Waals surface area contributed by atoms with Gasteiger partial charge in [-0.25, -0.2) is 4.52 Å². The fourth-order valence-electron chi connectivity index (χ4n) is 4.17. The predicted octanol–water partition coefficient (Wildman–Crippen LogP) is 4.33. The van der Waals surface area contributed by atoms with Gasteiger partial charge in [0.2, 0.25) is 0 Å². The van der Waals surface area contributed by atoms with Gasteiger partial charge in [0.25, 0.3) is 0 Å². The van der Waals surface area contributed by atoms with E-state index >= 15 is 0 Å². The largest absolute Gasteiger partial charge is 0.315 e. The number of hydrogen-bond donors (Lipinski definition) is 1. The molecule has 1 saturated heterocycles. The number of aryl methyl sites for hydroxylation is 1. The molecule has 1 atom stereocenters. The van der Waals surface area contributed by atoms with E-state index in [1.54, 1.807) is 16.8 Å². The number of nitriles is 2. The Morgan fingerprint density at radius 3 is 2.75 bits per heavy atom. The lowest BCUT2D eigenvalue weighted by Gasteiger charge is -2.22. The van der Waals surface area contributed by atoms with Crippen LogP contribution in [-0.2, 0) is 0 Å². The number of piperidine rings is 1. The van der Waals surface area contributed by atoms with E-state index in [1.165, 1.54) is 11.8 Å². The summed E-state index contributed by atoms with van der Waals surface area (Å²) in [7, 11) is 0. The summed E-state index contributed by atoms with van der Waals surface area (Å²) < 4.78 is 3.83. The minimum Gasteiger partial charge on any atom is -0.315 e. The Bertz CT molecular complexity index is 1380. The van der Waals surface area contributed by atoms with E-state index in [2.05, 4.69) is 39.5 Å². The second-order valence-electron chi connectivity index (χ2n) is 7.87. The third-order valence-electron chi connectivity index (χ3n) is 5.80. The van der Waals surface area contributed by atoms with Gasteiger partial charge in [0.05, 0.1) is 34.6 Å². The van der Waals surface area contributed by atoms with Crippen LogP contribution in [0.3, 0.4) is 0 Å². The number of pyridine rings is 1. The van der Waals surface area contributed by atoms with Crippen LogP contribution in [0.5, 0.6) is 0 Å². The van der Waals surface area contributed by atoms with E-state index in [4.69, 9.17) is 5.10 Å². The van der Waals surface area contributed by atoms with Gasteiger partial charge in [-0.3, -0.25) is 4.68 Å². The van der Waals surface area contributed by atoms with Crippen molar-refractivity contribution in [3.8, 4) is 23.3 Å². The first kappa shape index (κ1) is 20.3. The van der Waals surface area contributed by atoms with E-state index in [-0.39, 0.29) is 0 Å². The molecule has 7 nitrogen and oxygen atoms in total. The molecule has 1 aliphatic heterocycles. The molecule has 0 radical (unpaired) electrons. The van der Waals surface area contributed by atoms with Crippen molar-refractivity contribution in [1.82, 2.24) is 24.7 Å². The third kappa shape index (κ3) is 3.64. The number of nitrogens with one attached hydrogen (secondary N) is 1. The molecule has 0 amide bonds. The summed E-state index contributed by atoms with van der Waals surface area (Å²) in [4.78, 5) is 1.73. The Balaban J connectivity index is 1.62. The molecule has 1 aromatic carbocycles. The molecule has 0 aliphatic carbocycles. The van der Waals surface area contributed by atoms with E-state index in [0.717, 1.165) is 58.1 Å². The minimum atomic E-state index is 0.353. The summed E-state index contributed by atoms with van der Waals surface area (Å²) in [5.41, 5.74) is 4.84. The summed E-state index contributed by atoms with van der Waals surface area (Å²) >= 11 is 1.48. The molecule has 3 aromatic heterocycles. The quantitative estimate of drug-likeness (QED) is 0.509. The molecule has 158 valence electrons.